The molecule has 1 aromatic carbocycles. The summed E-state index contributed by atoms with van der Waals surface area (Å²) in [4.78, 5) is 28.5. The van der Waals surface area contributed by atoms with Gasteiger partial charge in [0.25, 0.3) is 0 Å². The molecular formula is C32H43N5O4. The molecule has 0 bridgehead atoms. The molecule has 1 aliphatic heterocycles. The number of fused-ring (bicyclic) bond motifs is 1. The third kappa shape index (κ3) is 10.4. The molecular weight excluding hydrogens is 518 g/mol. The molecule has 0 spiro atoms. The number of benzene rings is 1. The Balaban J connectivity index is 1.22. The Labute approximate surface area is 243 Å². The van der Waals surface area contributed by atoms with Crippen molar-refractivity contribution >= 4 is 17.6 Å². The second kappa shape index (κ2) is 17.3. The van der Waals surface area contributed by atoms with Gasteiger partial charge in [0.05, 0.1) is 19.6 Å². The zero-order chi connectivity index (χ0) is 28.5. The van der Waals surface area contributed by atoms with Gasteiger partial charge in [0, 0.05) is 51.7 Å². The minimum absolute atomic E-state index is 0.231. The average molecular weight is 562 g/mol. The Morgan fingerprint density at radius 1 is 0.878 bits per heavy atom. The number of hydrogen-bond acceptors (Lipinski definition) is 9. The van der Waals surface area contributed by atoms with Crippen molar-refractivity contribution in [3.05, 3.63) is 65.9 Å². The first-order valence-corrected chi connectivity index (χ1v) is 14.9. The average Bonchev–Trinajstić information content (AvgIpc) is 3.23. The van der Waals surface area contributed by atoms with Crippen molar-refractivity contribution in [2.24, 2.45) is 0 Å². The zero-order valence-electron chi connectivity index (χ0n) is 24.2. The van der Waals surface area contributed by atoms with E-state index in [1.807, 2.05) is 31.2 Å². The highest BCUT2D eigenvalue weighted by atomic mass is 16.5. The van der Waals surface area contributed by atoms with Crippen molar-refractivity contribution in [3.8, 4) is 11.5 Å². The first kappa shape index (κ1) is 30.4. The second-order valence-corrected chi connectivity index (χ2v) is 10.0. The summed E-state index contributed by atoms with van der Waals surface area (Å²) in [5.41, 5.74) is 3.54. The molecule has 0 radical (unpaired) electrons. The number of rotatable bonds is 17. The molecule has 1 N–H and O–H groups in total. The van der Waals surface area contributed by atoms with Crippen LogP contribution in [0, 0.1) is 0 Å². The lowest BCUT2D eigenvalue weighted by molar-refractivity contribution is -0.144. The van der Waals surface area contributed by atoms with Crippen LogP contribution in [0.3, 0.4) is 0 Å². The quantitative estimate of drug-likeness (QED) is 0.178. The molecule has 2 aromatic heterocycles. The van der Waals surface area contributed by atoms with E-state index in [0.717, 1.165) is 75.7 Å². The van der Waals surface area contributed by atoms with Crippen LogP contribution in [0.5, 0.6) is 0 Å². The molecule has 0 saturated heterocycles. The van der Waals surface area contributed by atoms with Crippen molar-refractivity contribution in [2.45, 2.75) is 51.9 Å². The fourth-order valence-corrected chi connectivity index (χ4v) is 4.73. The lowest BCUT2D eigenvalue weighted by atomic mass is 10.0. The van der Waals surface area contributed by atoms with E-state index >= 15 is 0 Å². The number of carbonyl (C=O) groups is 1. The first-order chi connectivity index (χ1) is 20.2. The van der Waals surface area contributed by atoms with Gasteiger partial charge in [-0.05, 0) is 68.7 Å². The maximum atomic E-state index is 12.0. The molecule has 3 aromatic rings. The lowest BCUT2D eigenvalue weighted by Gasteiger charge is -2.22. The standard InChI is InChI=1S/C32H43N5O4/c1-2-39-21-8-3-9-22-40-24-16-31(38)41-23-10-18-34-29-25-30(36-32(35-29)28-13-6-7-17-33-28)37-19-14-26-11-4-5-12-27(26)15-20-37/h4-7,11-13,17,25H,2-3,8-10,14-16,18-24H2,1H3,(H,34,35,36). The van der Waals surface area contributed by atoms with E-state index in [1.165, 1.54) is 11.1 Å². The van der Waals surface area contributed by atoms with Crippen molar-refractivity contribution in [2.75, 3.05) is 62.9 Å². The van der Waals surface area contributed by atoms with E-state index in [1.54, 1.807) is 6.20 Å². The van der Waals surface area contributed by atoms with Gasteiger partial charge < -0.3 is 24.4 Å². The van der Waals surface area contributed by atoms with Gasteiger partial charge in [-0.15, -0.1) is 0 Å². The summed E-state index contributed by atoms with van der Waals surface area (Å²) in [6.45, 7) is 7.37. The number of nitrogens with zero attached hydrogens (tertiary/aromatic N) is 4. The van der Waals surface area contributed by atoms with Crippen LogP contribution >= 0.6 is 0 Å². The number of hydrogen-bond donors (Lipinski definition) is 1. The van der Waals surface area contributed by atoms with Gasteiger partial charge in [-0.25, -0.2) is 9.97 Å². The van der Waals surface area contributed by atoms with Gasteiger partial charge >= 0.3 is 5.97 Å². The fourth-order valence-electron chi connectivity index (χ4n) is 4.73. The highest BCUT2D eigenvalue weighted by molar-refractivity contribution is 5.69. The van der Waals surface area contributed by atoms with Crippen molar-refractivity contribution in [3.63, 3.8) is 0 Å². The van der Waals surface area contributed by atoms with Crippen LogP contribution in [0.1, 0.15) is 50.2 Å². The molecule has 0 aliphatic carbocycles. The van der Waals surface area contributed by atoms with Crippen LogP contribution in [0.2, 0.25) is 0 Å². The third-order valence-electron chi connectivity index (χ3n) is 6.97. The monoisotopic (exact) mass is 561 g/mol. The largest absolute Gasteiger partial charge is 0.466 e. The van der Waals surface area contributed by atoms with Gasteiger partial charge in [0.1, 0.15) is 17.3 Å². The molecule has 3 heterocycles. The molecule has 9 nitrogen and oxygen atoms in total. The first-order valence-electron chi connectivity index (χ1n) is 14.9. The van der Waals surface area contributed by atoms with Crippen LogP contribution in [-0.4, -0.2) is 73.6 Å². The Bertz CT molecular complexity index is 1170. The van der Waals surface area contributed by atoms with E-state index in [0.29, 0.717) is 38.6 Å². The van der Waals surface area contributed by atoms with E-state index in [2.05, 4.69) is 39.5 Å². The molecule has 0 atom stereocenters. The molecule has 0 amide bonds. The Kier molecular flexibility index (Phi) is 12.8. The van der Waals surface area contributed by atoms with Crippen LogP contribution < -0.4 is 10.2 Å². The molecule has 0 unspecified atom stereocenters. The number of unbranched alkanes of at least 4 members (excludes halogenated alkanes) is 2. The van der Waals surface area contributed by atoms with E-state index in [4.69, 9.17) is 24.2 Å². The molecule has 0 fully saturated rings. The lowest BCUT2D eigenvalue weighted by Crippen LogP contribution is -2.27. The number of pyridine rings is 1. The maximum absolute atomic E-state index is 12.0. The zero-order valence-corrected chi connectivity index (χ0v) is 24.2. The summed E-state index contributed by atoms with van der Waals surface area (Å²) < 4.78 is 16.3. The fraction of sp³-hybridized carbons (Fsp3) is 0.500. The summed E-state index contributed by atoms with van der Waals surface area (Å²) >= 11 is 0. The number of esters is 1. The van der Waals surface area contributed by atoms with Crippen LogP contribution in [0.4, 0.5) is 11.6 Å². The number of nitrogens with one attached hydrogen (secondary N) is 1. The highest BCUT2D eigenvalue weighted by Gasteiger charge is 2.17. The number of aromatic nitrogens is 3. The Morgan fingerprint density at radius 3 is 2.37 bits per heavy atom. The SMILES string of the molecule is CCOCCCCCOCCC(=O)OCCCNc1cc(N2CCc3ccccc3CC2)nc(-c2ccccn2)n1. The molecule has 220 valence electrons. The van der Waals surface area contributed by atoms with Gasteiger partial charge in [-0.2, -0.15) is 0 Å². The van der Waals surface area contributed by atoms with Crippen molar-refractivity contribution in [1.82, 2.24) is 15.0 Å². The Hall–Kier alpha value is -3.56. The topological polar surface area (TPSA) is 98.7 Å². The number of carbonyl (C=O) groups excluding carboxylic acids is 1. The minimum Gasteiger partial charge on any atom is -0.466 e. The van der Waals surface area contributed by atoms with Crippen molar-refractivity contribution in [1.29, 1.82) is 0 Å². The van der Waals surface area contributed by atoms with Gasteiger partial charge in [0.15, 0.2) is 5.82 Å². The maximum Gasteiger partial charge on any atom is 0.308 e. The van der Waals surface area contributed by atoms with Crippen LogP contribution in [0.15, 0.2) is 54.7 Å². The molecule has 9 heteroatoms. The number of ether oxygens (including phenoxy) is 3. The summed E-state index contributed by atoms with van der Waals surface area (Å²) in [6, 6.07) is 16.4. The van der Waals surface area contributed by atoms with Gasteiger partial charge in [0.2, 0.25) is 0 Å². The normalized spacial score (nSPS) is 13.0. The summed E-state index contributed by atoms with van der Waals surface area (Å²) in [6.07, 6.45) is 7.75. The van der Waals surface area contributed by atoms with E-state index < -0.39 is 0 Å². The van der Waals surface area contributed by atoms with Crippen molar-refractivity contribution < 1.29 is 19.0 Å². The Morgan fingerprint density at radius 2 is 1.63 bits per heavy atom. The summed E-state index contributed by atoms with van der Waals surface area (Å²) in [5.74, 6) is 1.98. The third-order valence-corrected chi connectivity index (χ3v) is 6.97. The smallest absolute Gasteiger partial charge is 0.308 e. The van der Waals surface area contributed by atoms with Crippen LogP contribution in [0.25, 0.3) is 11.5 Å². The van der Waals surface area contributed by atoms with Crippen LogP contribution in [-0.2, 0) is 31.8 Å². The molecule has 41 heavy (non-hydrogen) atoms. The second-order valence-electron chi connectivity index (χ2n) is 10.0. The predicted octanol–water partition coefficient (Wildman–Crippen LogP) is 5.10. The minimum atomic E-state index is -0.231. The van der Waals surface area contributed by atoms with E-state index in [9.17, 15) is 4.79 Å². The highest BCUT2D eigenvalue weighted by Crippen LogP contribution is 2.24. The molecule has 0 saturated carbocycles. The number of anilines is 2. The summed E-state index contributed by atoms with van der Waals surface area (Å²) in [5, 5.41) is 3.39. The molecule has 1 aliphatic rings. The van der Waals surface area contributed by atoms with Gasteiger partial charge in [-0.1, -0.05) is 30.3 Å². The van der Waals surface area contributed by atoms with E-state index in [-0.39, 0.29) is 12.4 Å². The predicted molar refractivity (Wildman–Crippen MR) is 161 cm³/mol. The molecule has 4 rings (SSSR count). The summed E-state index contributed by atoms with van der Waals surface area (Å²) in [7, 11) is 0. The van der Waals surface area contributed by atoms with Gasteiger partial charge in [-0.3, -0.25) is 9.78 Å².